The molecule has 2 heteroatoms. The third-order valence-corrected chi connectivity index (χ3v) is 7.32. The number of benzene rings is 1. The first-order valence-electron chi connectivity index (χ1n) is 8.89. The summed E-state index contributed by atoms with van der Waals surface area (Å²) >= 11 is 0. The molecule has 2 nitrogen and oxygen atoms in total. The predicted molar refractivity (Wildman–Crippen MR) is 91.4 cm³/mol. The minimum Gasteiger partial charge on any atom is -0.497 e. The molecule has 0 bridgehead atoms. The molecule has 5 atom stereocenters. The molecule has 3 aliphatic rings. The lowest BCUT2D eigenvalue weighted by molar-refractivity contribution is -0.0646. The fraction of sp³-hybridized carbons (Fsp3) is 0.619. The van der Waals surface area contributed by atoms with E-state index in [2.05, 4.69) is 31.0 Å². The second-order valence-corrected chi connectivity index (χ2v) is 7.98. The van der Waals surface area contributed by atoms with Crippen LogP contribution in [0.25, 0.3) is 0 Å². The molecule has 0 unspecified atom stereocenters. The first-order chi connectivity index (χ1) is 11.0. The van der Waals surface area contributed by atoms with Gasteiger partial charge in [-0.1, -0.05) is 18.9 Å². The maximum Gasteiger partial charge on any atom is 0.130 e. The molecule has 0 saturated heterocycles. The molecule has 0 aromatic heterocycles. The van der Waals surface area contributed by atoms with Crippen molar-refractivity contribution in [3.05, 3.63) is 29.3 Å². The van der Waals surface area contributed by atoms with E-state index in [1.807, 2.05) is 0 Å². The summed E-state index contributed by atoms with van der Waals surface area (Å²) in [4.78, 5) is 0. The van der Waals surface area contributed by atoms with E-state index in [-0.39, 0.29) is 5.41 Å². The van der Waals surface area contributed by atoms with Crippen molar-refractivity contribution in [1.29, 1.82) is 0 Å². The highest BCUT2D eigenvalue weighted by Crippen LogP contribution is 2.64. The fourth-order valence-electron chi connectivity index (χ4n) is 5.94. The second kappa shape index (κ2) is 5.02. The Hall–Kier alpha value is -1.46. The topological polar surface area (TPSA) is 29.5 Å². The van der Waals surface area contributed by atoms with Gasteiger partial charge in [-0.2, -0.15) is 0 Å². The van der Waals surface area contributed by atoms with Crippen LogP contribution in [-0.4, -0.2) is 17.8 Å². The minimum atomic E-state index is -0.900. The molecule has 1 aromatic rings. The molecule has 0 amide bonds. The van der Waals surface area contributed by atoms with Crippen LogP contribution >= 0.6 is 0 Å². The smallest absolute Gasteiger partial charge is 0.130 e. The van der Waals surface area contributed by atoms with Gasteiger partial charge in [0.25, 0.3) is 0 Å². The van der Waals surface area contributed by atoms with E-state index in [0.717, 1.165) is 37.9 Å². The summed E-state index contributed by atoms with van der Waals surface area (Å²) in [7, 11) is 1.73. The van der Waals surface area contributed by atoms with Crippen molar-refractivity contribution < 1.29 is 9.84 Å². The molecule has 4 rings (SSSR count). The Bertz CT molecular complexity index is 673. The largest absolute Gasteiger partial charge is 0.497 e. The van der Waals surface area contributed by atoms with Gasteiger partial charge in [0, 0.05) is 5.41 Å². The van der Waals surface area contributed by atoms with Crippen molar-refractivity contribution in [3.63, 3.8) is 0 Å². The molecular weight excluding hydrogens is 284 g/mol. The van der Waals surface area contributed by atoms with Gasteiger partial charge in [0.2, 0.25) is 0 Å². The lowest BCUT2D eigenvalue weighted by atomic mass is 9.53. The Balaban J connectivity index is 1.70. The Kier molecular flexibility index (Phi) is 3.29. The third kappa shape index (κ3) is 1.93. The Morgan fingerprint density at radius 2 is 2.09 bits per heavy atom. The van der Waals surface area contributed by atoms with E-state index >= 15 is 0 Å². The maximum absolute atomic E-state index is 11.0. The summed E-state index contributed by atoms with van der Waals surface area (Å²) < 4.78 is 5.39. The van der Waals surface area contributed by atoms with Crippen LogP contribution in [0.4, 0.5) is 0 Å². The Morgan fingerprint density at radius 3 is 2.83 bits per heavy atom. The summed E-state index contributed by atoms with van der Waals surface area (Å²) in [5.74, 6) is 5.56. The van der Waals surface area contributed by atoms with Gasteiger partial charge >= 0.3 is 0 Å². The molecule has 23 heavy (non-hydrogen) atoms. The molecule has 0 heterocycles. The summed E-state index contributed by atoms with van der Waals surface area (Å²) in [5, 5.41) is 11.0. The number of aryl methyl sites for hydroxylation is 1. The average Bonchev–Trinajstić information content (AvgIpc) is 2.86. The van der Waals surface area contributed by atoms with Gasteiger partial charge < -0.3 is 9.84 Å². The van der Waals surface area contributed by atoms with Crippen LogP contribution in [0.3, 0.4) is 0 Å². The number of aliphatic hydroxyl groups is 1. The Labute approximate surface area is 139 Å². The van der Waals surface area contributed by atoms with Gasteiger partial charge in [0.1, 0.15) is 11.4 Å². The van der Waals surface area contributed by atoms with Crippen molar-refractivity contribution in [2.75, 3.05) is 7.11 Å². The minimum absolute atomic E-state index is 0.104. The monoisotopic (exact) mass is 310 g/mol. The van der Waals surface area contributed by atoms with Gasteiger partial charge in [-0.15, -0.1) is 6.42 Å². The van der Waals surface area contributed by atoms with Crippen LogP contribution in [0.5, 0.6) is 5.75 Å². The average molecular weight is 310 g/mol. The van der Waals surface area contributed by atoms with Gasteiger partial charge in [0.15, 0.2) is 0 Å². The molecule has 0 aliphatic heterocycles. The number of rotatable bonds is 1. The van der Waals surface area contributed by atoms with Crippen LogP contribution in [0, 0.1) is 29.6 Å². The number of methoxy groups -OCH3 is 1. The van der Waals surface area contributed by atoms with Crippen molar-refractivity contribution in [2.45, 2.75) is 57.0 Å². The van der Waals surface area contributed by atoms with E-state index in [0.29, 0.717) is 17.8 Å². The maximum atomic E-state index is 11.0. The summed E-state index contributed by atoms with van der Waals surface area (Å²) in [6.07, 6.45) is 12.1. The highest BCUT2D eigenvalue weighted by Gasteiger charge is 2.61. The zero-order valence-electron chi connectivity index (χ0n) is 14.1. The molecular formula is C21H26O2. The number of hydrogen-bond acceptors (Lipinski definition) is 2. The zero-order valence-corrected chi connectivity index (χ0v) is 14.1. The summed E-state index contributed by atoms with van der Waals surface area (Å²) in [6, 6.07) is 6.59. The second-order valence-electron chi connectivity index (χ2n) is 7.98. The van der Waals surface area contributed by atoms with E-state index in [1.54, 1.807) is 7.11 Å². The zero-order chi connectivity index (χ0) is 16.2. The predicted octanol–water partition coefficient (Wildman–Crippen LogP) is 3.92. The SMILES string of the molecule is C#C[C@]1(O)CC[C@H]2[C@H]3CCc4cc(OC)ccc4[C@H]3CC[C@]21C. The molecule has 1 N–H and O–H groups in total. The van der Waals surface area contributed by atoms with Crippen molar-refractivity contribution in [3.8, 4) is 18.1 Å². The number of ether oxygens (including phenoxy) is 1. The van der Waals surface area contributed by atoms with E-state index < -0.39 is 5.60 Å². The molecule has 3 aliphatic carbocycles. The molecule has 0 radical (unpaired) electrons. The van der Waals surface area contributed by atoms with Gasteiger partial charge in [-0.05, 0) is 79.5 Å². The summed E-state index contributed by atoms with van der Waals surface area (Å²) in [5.41, 5.74) is 1.97. The molecule has 0 spiro atoms. The van der Waals surface area contributed by atoms with Crippen LogP contribution in [0.2, 0.25) is 0 Å². The highest BCUT2D eigenvalue weighted by molar-refractivity contribution is 5.41. The van der Waals surface area contributed by atoms with Gasteiger partial charge in [0.05, 0.1) is 7.11 Å². The van der Waals surface area contributed by atoms with Crippen LogP contribution < -0.4 is 4.74 Å². The highest BCUT2D eigenvalue weighted by atomic mass is 16.5. The third-order valence-electron chi connectivity index (χ3n) is 7.32. The Morgan fingerprint density at radius 1 is 1.26 bits per heavy atom. The van der Waals surface area contributed by atoms with Gasteiger partial charge in [-0.3, -0.25) is 0 Å². The summed E-state index contributed by atoms with van der Waals surface area (Å²) in [6.45, 7) is 2.24. The van der Waals surface area contributed by atoms with Gasteiger partial charge in [-0.25, -0.2) is 0 Å². The number of hydrogen-bond donors (Lipinski definition) is 1. The van der Waals surface area contributed by atoms with E-state index in [9.17, 15) is 5.11 Å². The van der Waals surface area contributed by atoms with Crippen molar-refractivity contribution in [1.82, 2.24) is 0 Å². The van der Waals surface area contributed by atoms with E-state index in [4.69, 9.17) is 11.2 Å². The molecule has 1 aromatic carbocycles. The first kappa shape index (κ1) is 15.1. The molecule has 2 saturated carbocycles. The first-order valence-corrected chi connectivity index (χ1v) is 8.89. The quantitative estimate of drug-likeness (QED) is 0.797. The van der Waals surface area contributed by atoms with Crippen LogP contribution in [0.15, 0.2) is 18.2 Å². The van der Waals surface area contributed by atoms with Crippen LogP contribution in [0.1, 0.15) is 56.1 Å². The van der Waals surface area contributed by atoms with Crippen molar-refractivity contribution >= 4 is 0 Å². The normalized spacial score (nSPS) is 41.4. The lowest BCUT2D eigenvalue weighted by Gasteiger charge is -2.52. The number of fused-ring (bicyclic) bond motifs is 5. The number of terminal acetylenes is 1. The molecule has 122 valence electrons. The van der Waals surface area contributed by atoms with E-state index in [1.165, 1.54) is 17.5 Å². The lowest BCUT2D eigenvalue weighted by Crippen LogP contribution is -2.50. The standard InChI is InChI=1S/C21H26O2/c1-4-21(22)12-10-19-18-7-5-14-13-15(23-3)6-8-16(14)17(18)9-11-20(19,21)2/h1,6,8,13,17-19,22H,5,7,9-12H2,2-3H3/t17-,18+,19+,20-,21+/m1/s1. The molecule has 2 fully saturated rings. The fourth-order valence-corrected chi connectivity index (χ4v) is 5.94. The van der Waals surface area contributed by atoms with Crippen LogP contribution in [-0.2, 0) is 6.42 Å². The van der Waals surface area contributed by atoms with Crippen molar-refractivity contribution in [2.24, 2.45) is 17.3 Å².